The van der Waals surface area contributed by atoms with Gasteiger partial charge in [0.15, 0.2) is 5.16 Å². The van der Waals surface area contributed by atoms with E-state index >= 15 is 0 Å². The highest BCUT2D eigenvalue weighted by atomic mass is 32.2. The number of para-hydroxylation sites is 1. The summed E-state index contributed by atoms with van der Waals surface area (Å²) in [5, 5.41) is 4.08. The second-order valence-corrected chi connectivity index (χ2v) is 7.72. The molecule has 0 fully saturated rings. The largest absolute Gasteiger partial charge is 0.383 e. The Balaban J connectivity index is 2.31. The van der Waals surface area contributed by atoms with Gasteiger partial charge in [-0.1, -0.05) is 37.7 Å². The van der Waals surface area contributed by atoms with E-state index in [4.69, 9.17) is 4.74 Å². The number of hydrogen-bond donors (Lipinski definition) is 1. The Kier molecular flexibility index (Phi) is 7.23. The number of amides is 1. The summed E-state index contributed by atoms with van der Waals surface area (Å²) in [4.78, 5) is 29.8. The van der Waals surface area contributed by atoms with E-state index in [2.05, 4.69) is 24.1 Å². The van der Waals surface area contributed by atoms with Crippen LogP contribution >= 0.6 is 11.8 Å². The second kappa shape index (κ2) is 9.19. The molecular formula is C19H27N3O3S. The van der Waals surface area contributed by atoms with E-state index in [1.54, 1.807) is 17.7 Å². The zero-order valence-corrected chi connectivity index (χ0v) is 16.8. The number of carbonyl (C=O) groups excluding carboxylic acids is 1. The maximum absolute atomic E-state index is 12.9. The average Bonchev–Trinajstić information content (AvgIpc) is 2.60. The highest BCUT2D eigenvalue weighted by Crippen LogP contribution is 2.21. The number of carbonyl (C=O) groups is 1. The van der Waals surface area contributed by atoms with Gasteiger partial charge < -0.3 is 10.1 Å². The number of thioether (sulfide) groups is 1. The fourth-order valence-corrected chi connectivity index (χ4v) is 3.43. The van der Waals surface area contributed by atoms with Crippen LogP contribution in [-0.4, -0.2) is 41.0 Å². The molecular weight excluding hydrogens is 350 g/mol. The summed E-state index contributed by atoms with van der Waals surface area (Å²) < 4.78 is 6.83. The van der Waals surface area contributed by atoms with Crippen LogP contribution in [0.25, 0.3) is 10.9 Å². The van der Waals surface area contributed by atoms with Gasteiger partial charge in [-0.05, 0) is 31.9 Å². The first kappa shape index (κ1) is 20.5. The van der Waals surface area contributed by atoms with E-state index in [0.29, 0.717) is 28.6 Å². The SMILES string of the molecule is COC[C@@H](C)n1c(SCC(=O)N[C@H](C)C(C)C)nc2ccccc2c1=O. The van der Waals surface area contributed by atoms with Crippen LogP contribution in [0.2, 0.25) is 0 Å². The van der Waals surface area contributed by atoms with E-state index in [1.165, 1.54) is 11.8 Å². The third-order valence-corrected chi connectivity index (χ3v) is 5.30. The number of methoxy groups -OCH3 is 1. The number of aromatic nitrogens is 2. The van der Waals surface area contributed by atoms with Crippen molar-refractivity contribution in [1.82, 2.24) is 14.9 Å². The first-order chi connectivity index (χ1) is 12.3. The second-order valence-electron chi connectivity index (χ2n) is 6.78. The number of nitrogens with zero attached hydrogens (tertiary/aromatic N) is 2. The van der Waals surface area contributed by atoms with Gasteiger partial charge in [0.05, 0.1) is 29.3 Å². The highest BCUT2D eigenvalue weighted by Gasteiger charge is 2.18. The fourth-order valence-electron chi connectivity index (χ4n) is 2.52. The van der Waals surface area contributed by atoms with Crippen molar-refractivity contribution in [3.63, 3.8) is 0 Å². The Morgan fingerprint density at radius 2 is 1.96 bits per heavy atom. The van der Waals surface area contributed by atoms with E-state index in [1.807, 2.05) is 32.0 Å². The number of fused-ring (bicyclic) bond motifs is 1. The Bertz CT molecular complexity index is 819. The lowest BCUT2D eigenvalue weighted by atomic mass is 10.1. The number of nitrogens with one attached hydrogen (secondary N) is 1. The minimum absolute atomic E-state index is 0.0652. The lowest BCUT2D eigenvalue weighted by Crippen LogP contribution is -2.37. The van der Waals surface area contributed by atoms with Crippen molar-refractivity contribution < 1.29 is 9.53 Å². The van der Waals surface area contributed by atoms with Gasteiger partial charge >= 0.3 is 0 Å². The summed E-state index contributed by atoms with van der Waals surface area (Å²) in [6.07, 6.45) is 0. The molecule has 1 aromatic carbocycles. The molecule has 0 saturated heterocycles. The molecule has 7 heteroatoms. The van der Waals surface area contributed by atoms with Crippen molar-refractivity contribution in [3.8, 4) is 0 Å². The molecule has 0 bridgehead atoms. The monoisotopic (exact) mass is 377 g/mol. The molecule has 2 atom stereocenters. The fraction of sp³-hybridized carbons (Fsp3) is 0.526. The van der Waals surface area contributed by atoms with Crippen LogP contribution in [-0.2, 0) is 9.53 Å². The van der Waals surface area contributed by atoms with Crippen molar-refractivity contribution in [2.75, 3.05) is 19.5 Å². The number of benzene rings is 1. The maximum atomic E-state index is 12.9. The molecule has 0 saturated carbocycles. The molecule has 0 radical (unpaired) electrons. The van der Waals surface area contributed by atoms with Gasteiger partial charge in [-0.3, -0.25) is 14.2 Å². The van der Waals surface area contributed by atoms with Gasteiger partial charge in [0.2, 0.25) is 5.91 Å². The zero-order valence-electron chi connectivity index (χ0n) is 16.0. The molecule has 0 unspecified atom stereocenters. The number of rotatable bonds is 8. The Morgan fingerprint density at radius 1 is 1.27 bits per heavy atom. The van der Waals surface area contributed by atoms with Crippen molar-refractivity contribution >= 4 is 28.6 Å². The van der Waals surface area contributed by atoms with Crippen molar-refractivity contribution in [2.45, 2.75) is 44.9 Å². The first-order valence-electron chi connectivity index (χ1n) is 8.77. The normalized spacial score (nSPS) is 13.8. The maximum Gasteiger partial charge on any atom is 0.262 e. The molecule has 2 aromatic rings. The van der Waals surface area contributed by atoms with Crippen LogP contribution in [0.1, 0.15) is 33.7 Å². The van der Waals surface area contributed by atoms with Crippen LogP contribution in [0.15, 0.2) is 34.2 Å². The molecule has 6 nitrogen and oxygen atoms in total. The molecule has 0 spiro atoms. The van der Waals surface area contributed by atoms with Crippen molar-refractivity contribution in [1.29, 1.82) is 0 Å². The molecule has 2 rings (SSSR count). The molecule has 142 valence electrons. The lowest BCUT2D eigenvalue weighted by molar-refractivity contribution is -0.119. The topological polar surface area (TPSA) is 73.2 Å². The van der Waals surface area contributed by atoms with Gasteiger partial charge in [-0.15, -0.1) is 0 Å². The minimum atomic E-state index is -0.176. The van der Waals surface area contributed by atoms with Crippen molar-refractivity contribution in [2.24, 2.45) is 5.92 Å². The van der Waals surface area contributed by atoms with Gasteiger partial charge in [0, 0.05) is 13.2 Å². The Labute approximate surface area is 158 Å². The van der Waals surface area contributed by atoms with Crippen molar-refractivity contribution in [3.05, 3.63) is 34.6 Å². The van der Waals surface area contributed by atoms with E-state index < -0.39 is 0 Å². The lowest BCUT2D eigenvalue weighted by Gasteiger charge is -2.20. The summed E-state index contributed by atoms with van der Waals surface area (Å²) in [5.41, 5.74) is 0.524. The van der Waals surface area contributed by atoms with Gasteiger partial charge in [-0.2, -0.15) is 0 Å². The number of ether oxygens (including phenoxy) is 1. The molecule has 0 aliphatic carbocycles. The Hall–Kier alpha value is -1.86. The molecule has 0 aliphatic heterocycles. The number of hydrogen-bond acceptors (Lipinski definition) is 5. The molecule has 1 N–H and O–H groups in total. The van der Waals surface area contributed by atoms with Gasteiger partial charge in [0.1, 0.15) is 0 Å². The van der Waals surface area contributed by atoms with Gasteiger partial charge in [-0.25, -0.2) is 4.98 Å². The summed E-state index contributed by atoms with van der Waals surface area (Å²) in [6.45, 7) is 8.41. The first-order valence-corrected chi connectivity index (χ1v) is 9.76. The van der Waals surface area contributed by atoms with Gasteiger partial charge in [0.25, 0.3) is 5.56 Å². The standard InChI is InChI=1S/C19H27N3O3S/c1-12(2)14(4)20-17(23)11-26-19-21-16-9-7-6-8-15(16)18(24)22(19)13(3)10-25-5/h6-9,12-14H,10-11H2,1-5H3,(H,20,23)/t13-,14-/m1/s1. The molecule has 26 heavy (non-hydrogen) atoms. The van der Waals surface area contributed by atoms with E-state index in [-0.39, 0.29) is 29.3 Å². The Morgan fingerprint density at radius 3 is 2.62 bits per heavy atom. The van der Waals surface area contributed by atoms with Crippen LogP contribution in [0.3, 0.4) is 0 Å². The minimum Gasteiger partial charge on any atom is -0.383 e. The molecule has 1 aromatic heterocycles. The van der Waals surface area contributed by atoms with Crippen LogP contribution in [0.4, 0.5) is 0 Å². The molecule has 0 aliphatic rings. The summed E-state index contributed by atoms with van der Waals surface area (Å²) in [5.74, 6) is 0.508. The van der Waals surface area contributed by atoms with Crippen LogP contribution < -0.4 is 10.9 Å². The summed E-state index contributed by atoms with van der Waals surface area (Å²) >= 11 is 1.28. The van der Waals surface area contributed by atoms with E-state index in [9.17, 15) is 9.59 Å². The third kappa shape index (κ3) is 4.86. The zero-order chi connectivity index (χ0) is 19.3. The molecule has 1 heterocycles. The highest BCUT2D eigenvalue weighted by molar-refractivity contribution is 7.99. The quantitative estimate of drug-likeness (QED) is 0.566. The summed E-state index contributed by atoms with van der Waals surface area (Å²) in [7, 11) is 1.60. The summed E-state index contributed by atoms with van der Waals surface area (Å²) in [6, 6.07) is 7.18. The average molecular weight is 378 g/mol. The predicted octanol–water partition coefficient (Wildman–Crippen LogP) is 2.86. The van der Waals surface area contributed by atoms with Crippen LogP contribution in [0, 0.1) is 5.92 Å². The van der Waals surface area contributed by atoms with Crippen LogP contribution in [0.5, 0.6) is 0 Å². The third-order valence-electron chi connectivity index (χ3n) is 4.35. The molecule has 1 amide bonds. The smallest absolute Gasteiger partial charge is 0.262 e. The van der Waals surface area contributed by atoms with E-state index in [0.717, 1.165) is 0 Å². The predicted molar refractivity (Wildman–Crippen MR) is 106 cm³/mol.